The molecule has 2 aromatic heterocycles. The summed E-state index contributed by atoms with van der Waals surface area (Å²) in [7, 11) is 0. The highest BCUT2D eigenvalue weighted by atomic mass is 32.2. The van der Waals surface area contributed by atoms with Crippen LogP contribution < -0.4 is 5.32 Å². The van der Waals surface area contributed by atoms with Gasteiger partial charge in [0.05, 0.1) is 5.75 Å². The lowest BCUT2D eigenvalue weighted by atomic mass is 10.2. The summed E-state index contributed by atoms with van der Waals surface area (Å²) in [5.74, 6) is 0.552. The Balaban J connectivity index is 1.62. The molecule has 5 nitrogen and oxygen atoms in total. The predicted molar refractivity (Wildman–Crippen MR) is 95.8 cm³/mol. The summed E-state index contributed by atoms with van der Waals surface area (Å²) in [6, 6.07) is 2.62. The van der Waals surface area contributed by atoms with E-state index in [4.69, 9.17) is 0 Å². The Bertz CT molecular complexity index is 731. The van der Waals surface area contributed by atoms with Crippen LogP contribution in [0.25, 0.3) is 0 Å². The molecule has 1 N–H and O–H groups in total. The van der Waals surface area contributed by atoms with Gasteiger partial charge in [0.2, 0.25) is 5.13 Å². The molecule has 0 radical (unpaired) electrons. The number of aromatic nitrogens is 3. The molecular weight excluding hydrogens is 328 g/mol. The molecule has 122 valence electrons. The van der Waals surface area contributed by atoms with E-state index >= 15 is 0 Å². The van der Waals surface area contributed by atoms with Gasteiger partial charge in [-0.05, 0) is 32.8 Å². The van der Waals surface area contributed by atoms with Gasteiger partial charge in [-0.25, -0.2) is 0 Å². The summed E-state index contributed by atoms with van der Waals surface area (Å²) in [6.07, 6.45) is 4.22. The number of nitrogens with one attached hydrogen (secondary N) is 1. The molecule has 3 rings (SSSR count). The van der Waals surface area contributed by atoms with Crippen molar-refractivity contribution in [3.05, 3.63) is 35.7 Å². The molecule has 7 heteroatoms. The maximum atomic E-state index is 12.5. The third-order valence-corrected chi connectivity index (χ3v) is 5.84. The first-order valence-corrected chi connectivity index (χ1v) is 9.43. The smallest absolute Gasteiger partial charge is 0.206 e. The molecule has 0 saturated heterocycles. The highest BCUT2D eigenvalue weighted by Crippen LogP contribution is 2.38. The van der Waals surface area contributed by atoms with Crippen molar-refractivity contribution < 1.29 is 4.79 Å². The van der Waals surface area contributed by atoms with Crippen LogP contribution in [0.1, 0.15) is 40.6 Å². The van der Waals surface area contributed by atoms with Gasteiger partial charge in [-0.15, -0.1) is 16.8 Å². The highest BCUT2D eigenvalue weighted by Gasteiger charge is 2.28. The molecule has 1 aliphatic rings. The number of nitrogens with zero attached hydrogens (tertiary/aromatic N) is 3. The molecule has 0 aromatic carbocycles. The molecule has 2 aromatic rings. The van der Waals surface area contributed by atoms with Gasteiger partial charge in [-0.3, -0.25) is 4.79 Å². The second-order valence-corrected chi connectivity index (χ2v) is 7.84. The number of aryl methyl sites for hydroxylation is 1. The third kappa shape index (κ3) is 3.67. The maximum Gasteiger partial charge on any atom is 0.206 e. The Morgan fingerprint density at radius 1 is 1.52 bits per heavy atom. The van der Waals surface area contributed by atoms with Crippen molar-refractivity contribution in [1.82, 2.24) is 14.8 Å². The van der Waals surface area contributed by atoms with Crippen molar-refractivity contribution >= 4 is 34.0 Å². The first-order valence-electron chi connectivity index (χ1n) is 7.63. The van der Waals surface area contributed by atoms with Crippen LogP contribution in [0.4, 0.5) is 5.13 Å². The number of thioether (sulfide) groups is 1. The van der Waals surface area contributed by atoms with Crippen LogP contribution >= 0.6 is 23.1 Å². The first kappa shape index (κ1) is 16.3. The Hall–Kier alpha value is -1.60. The molecule has 0 aliphatic heterocycles. The molecule has 0 spiro atoms. The summed E-state index contributed by atoms with van der Waals surface area (Å²) in [5, 5.41) is 12.0. The van der Waals surface area contributed by atoms with Gasteiger partial charge >= 0.3 is 0 Å². The summed E-state index contributed by atoms with van der Waals surface area (Å²) in [4.78, 5) is 12.5. The van der Waals surface area contributed by atoms with Crippen LogP contribution in [0.2, 0.25) is 0 Å². The lowest BCUT2D eigenvalue weighted by molar-refractivity contribution is 0.102. The normalized spacial score (nSPS) is 14.0. The Labute approximate surface area is 144 Å². The fourth-order valence-corrected chi connectivity index (χ4v) is 4.30. The number of anilines is 1. The van der Waals surface area contributed by atoms with Crippen molar-refractivity contribution in [1.29, 1.82) is 0 Å². The van der Waals surface area contributed by atoms with E-state index in [-0.39, 0.29) is 5.78 Å². The molecule has 1 saturated carbocycles. The zero-order chi connectivity index (χ0) is 16.4. The van der Waals surface area contributed by atoms with Crippen molar-refractivity contribution in [3.63, 3.8) is 0 Å². The van der Waals surface area contributed by atoms with Crippen LogP contribution in [-0.4, -0.2) is 32.8 Å². The van der Waals surface area contributed by atoms with Gasteiger partial charge in [-0.2, -0.15) is 0 Å². The Morgan fingerprint density at radius 2 is 2.30 bits per heavy atom. The number of carbonyl (C=O) groups excluding carboxylic acids is 1. The van der Waals surface area contributed by atoms with Crippen molar-refractivity contribution in [2.75, 3.05) is 17.6 Å². The summed E-state index contributed by atoms with van der Waals surface area (Å²) in [6.45, 7) is 8.44. The largest absolute Gasteiger partial charge is 0.357 e. The molecule has 1 fully saturated rings. The van der Waals surface area contributed by atoms with Crippen molar-refractivity contribution in [3.8, 4) is 0 Å². The molecule has 1 aliphatic carbocycles. The molecule has 2 heterocycles. The molecular formula is C16H20N4OS2. The third-order valence-electron chi connectivity index (χ3n) is 3.83. The molecule has 0 amide bonds. The lowest BCUT2D eigenvalue weighted by Crippen LogP contribution is -2.05. The average molecular weight is 348 g/mol. The molecule has 0 unspecified atom stereocenters. The van der Waals surface area contributed by atoms with Gasteiger partial charge in [0.25, 0.3) is 0 Å². The topological polar surface area (TPSA) is 59.8 Å². The van der Waals surface area contributed by atoms with Gasteiger partial charge < -0.3 is 9.88 Å². The second kappa shape index (κ2) is 6.88. The van der Waals surface area contributed by atoms with E-state index in [9.17, 15) is 4.79 Å². The predicted octanol–water partition coefficient (Wildman–Crippen LogP) is 3.86. The van der Waals surface area contributed by atoms with E-state index in [0.29, 0.717) is 18.3 Å². The Morgan fingerprint density at radius 3 is 3.00 bits per heavy atom. The highest BCUT2D eigenvalue weighted by molar-refractivity contribution is 8.01. The van der Waals surface area contributed by atoms with Crippen LogP contribution in [0.3, 0.4) is 0 Å². The van der Waals surface area contributed by atoms with E-state index in [1.54, 1.807) is 6.08 Å². The molecule has 23 heavy (non-hydrogen) atoms. The number of carbonyl (C=O) groups is 1. The van der Waals surface area contributed by atoms with Crippen LogP contribution in [0, 0.1) is 13.8 Å². The van der Waals surface area contributed by atoms with Crippen LogP contribution in [0.15, 0.2) is 23.1 Å². The molecule has 0 bridgehead atoms. The summed E-state index contributed by atoms with van der Waals surface area (Å²) in [5.41, 5.74) is 3.13. The maximum absolute atomic E-state index is 12.5. The Kier molecular flexibility index (Phi) is 4.87. The minimum Gasteiger partial charge on any atom is -0.357 e. The number of hydrogen-bond acceptors (Lipinski definition) is 6. The van der Waals surface area contributed by atoms with E-state index in [1.807, 2.05) is 13.0 Å². The number of rotatable bonds is 8. The zero-order valence-corrected chi connectivity index (χ0v) is 15.0. The SMILES string of the molecule is C=CCNc1nnc(SCC(=O)c2cc(C)n(C3CC3)c2C)s1. The first-order chi connectivity index (χ1) is 11.1. The van der Waals surface area contributed by atoms with Gasteiger partial charge in [0, 0.05) is 29.5 Å². The van der Waals surface area contributed by atoms with Gasteiger partial charge in [0.15, 0.2) is 10.1 Å². The number of ketones is 1. The van der Waals surface area contributed by atoms with E-state index in [2.05, 4.69) is 33.6 Å². The summed E-state index contributed by atoms with van der Waals surface area (Å²) >= 11 is 2.91. The standard InChI is InChI=1S/C16H20N4OS2/c1-4-7-17-15-18-19-16(23-15)22-9-14(21)13-8-10(2)20(11(13)3)12-5-6-12/h4,8,12H,1,5-7,9H2,2-3H3,(H,17,18). The fraction of sp³-hybridized carbons (Fsp3) is 0.438. The number of hydrogen-bond donors (Lipinski definition) is 1. The number of Topliss-reactive ketones (excluding diaryl/α,β-unsaturated/α-hetero) is 1. The zero-order valence-electron chi connectivity index (χ0n) is 13.3. The monoisotopic (exact) mass is 348 g/mol. The van der Waals surface area contributed by atoms with Gasteiger partial charge in [0.1, 0.15) is 0 Å². The van der Waals surface area contributed by atoms with E-state index in [0.717, 1.165) is 20.7 Å². The second-order valence-electron chi connectivity index (χ2n) is 5.64. The quantitative estimate of drug-likeness (QED) is 0.446. The minimum absolute atomic E-state index is 0.158. The molecule has 0 atom stereocenters. The van der Waals surface area contributed by atoms with E-state index < -0.39 is 0 Å². The summed E-state index contributed by atoms with van der Waals surface area (Å²) < 4.78 is 3.11. The van der Waals surface area contributed by atoms with Gasteiger partial charge in [-0.1, -0.05) is 29.2 Å². The van der Waals surface area contributed by atoms with E-state index in [1.165, 1.54) is 41.6 Å². The fourth-order valence-electron chi connectivity index (χ4n) is 2.66. The minimum atomic E-state index is 0.158. The van der Waals surface area contributed by atoms with Crippen LogP contribution in [-0.2, 0) is 0 Å². The average Bonchev–Trinajstić information content (AvgIpc) is 3.18. The van der Waals surface area contributed by atoms with Crippen LogP contribution in [0.5, 0.6) is 0 Å². The lowest BCUT2D eigenvalue weighted by Gasteiger charge is -2.07. The van der Waals surface area contributed by atoms with Crippen molar-refractivity contribution in [2.45, 2.75) is 37.1 Å². The van der Waals surface area contributed by atoms with Crippen molar-refractivity contribution in [2.24, 2.45) is 0 Å².